The number of rotatable bonds is 4. The molecule has 0 atom stereocenters. The second kappa shape index (κ2) is 6.84. The van der Waals surface area contributed by atoms with E-state index in [-0.39, 0.29) is 12.1 Å². The number of carbonyl (C=O) groups is 1. The van der Waals surface area contributed by atoms with E-state index in [2.05, 4.69) is 6.92 Å². The van der Waals surface area contributed by atoms with Gasteiger partial charge in [0.05, 0.1) is 10.6 Å². The van der Waals surface area contributed by atoms with E-state index in [4.69, 9.17) is 22.7 Å². The first-order valence-corrected chi connectivity index (χ1v) is 7.53. The van der Waals surface area contributed by atoms with Gasteiger partial charge in [0.2, 0.25) is 0 Å². The third kappa shape index (κ3) is 4.30. The Morgan fingerprint density at radius 2 is 2.05 bits per heavy atom. The fourth-order valence-corrected chi connectivity index (χ4v) is 2.74. The van der Waals surface area contributed by atoms with E-state index in [1.807, 2.05) is 18.2 Å². The number of nitrogens with two attached hydrogens (primary N) is 1. The largest absolute Gasteiger partial charge is 0.459 e. The summed E-state index contributed by atoms with van der Waals surface area (Å²) >= 11 is 4.89. The predicted molar refractivity (Wildman–Crippen MR) is 83.8 cm³/mol. The number of carbonyl (C=O) groups excluding carboxylic acids is 1. The Kier molecular flexibility index (Phi) is 5.12. The zero-order valence-electron chi connectivity index (χ0n) is 11.8. The molecule has 20 heavy (non-hydrogen) atoms. The average Bonchev–Trinajstić information content (AvgIpc) is 2.41. The summed E-state index contributed by atoms with van der Waals surface area (Å²) in [7, 11) is 0. The summed E-state index contributed by atoms with van der Waals surface area (Å²) < 4.78 is 5.58. The molecular weight excluding hydrogens is 270 g/mol. The van der Waals surface area contributed by atoms with Crippen molar-refractivity contribution in [2.75, 3.05) is 0 Å². The minimum atomic E-state index is -0.241. The molecule has 1 aliphatic carbocycles. The fraction of sp³-hybridized carbons (Fsp3) is 0.500. The molecule has 0 aromatic heterocycles. The molecule has 1 aliphatic rings. The summed E-state index contributed by atoms with van der Waals surface area (Å²) in [6.45, 7) is 2.25. The van der Waals surface area contributed by atoms with Gasteiger partial charge in [0.1, 0.15) is 6.10 Å². The highest BCUT2D eigenvalue weighted by Gasteiger charge is 2.22. The molecule has 1 aromatic carbocycles. The molecule has 0 saturated heterocycles. The molecule has 1 aromatic rings. The fourth-order valence-electron chi connectivity index (χ4n) is 2.58. The van der Waals surface area contributed by atoms with Crippen LogP contribution in [0.2, 0.25) is 0 Å². The van der Waals surface area contributed by atoms with Crippen molar-refractivity contribution in [2.24, 2.45) is 11.7 Å². The lowest BCUT2D eigenvalue weighted by atomic mass is 9.89. The molecule has 0 amide bonds. The first-order valence-electron chi connectivity index (χ1n) is 7.13. The number of esters is 1. The summed E-state index contributed by atoms with van der Waals surface area (Å²) in [6.07, 6.45) is 4.80. The van der Waals surface area contributed by atoms with Crippen molar-refractivity contribution < 1.29 is 9.53 Å². The highest BCUT2D eigenvalue weighted by Crippen LogP contribution is 2.26. The molecule has 108 valence electrons. The maximum absolute atomic E-state index is 12.1. The lowest BCUT2D eigenvalue weighted by molar-refractivity contribution is 0.0173. The second-order valence-corrected chi connectivity index (χ2v) is 6.16. The van der Waals surface area contributed by atoms with Gasteiger partial charge in [-0.15, -0.1) is 0 Å². The standard InChI is InChI=1S/C16H21NO2S/c1-11-5-7-14(8-6-11)19-16(18)13-4-2-3-12(9-13)10-15(17)20/h2-4,9,11,14H,5-8,10H2,1H3,(H2,17,20). The quantitative estimate of drug-likeness (QED) is 0.683. The number of hydrogen-bond donors (Lipinski definition) is 1. The van der Waals surface area contributed by atoms with Gasteiger partial charge in [-0.05, 0) is 49.3 Å². The van der Waals surface area contributed by atoms with Crippen LogP contribution >= 0.6 is 12.2 Å². The van der Waals surface area contributed by atoms with Gasteiger partial charge in [-0.2, -0.15) is 0 Å². The Balaban J connectivity index is 1.96. The summed E-state index contributed by atoms with van der Waals surface area (Å²) in [6, 6.07) is 7.34. The number of benzene rings is 1. The van der Waals surface area contributed by atoms with Crippen LogP contribution in [0.15, 0.2) is 24.3 Å². The van der Waals surface area contributed by atoms with Crippen LogP contribution in [-0.2, 0) is 11.2 Å². The van der Waals surface area contributed by atoms with Gasteiger partial charge in [0.15, 0.2) is 0 Å². The normalized spacial score (nSPS) is 22.2. The van der Waals surface area contributed by atoms with Gasteiger partial charge < -0.3 is 10.5 Å². The first kappa shape index (κ1) is 15.0. The van der Waals surface area contributed by atoms with Crippen molar-refractivity contribution in [1.82, 2.24) is 0 Å². The highest BCUT2D eigenvalue weighted by atomic mass is 32.1. The molecule has 1 saturated carbocycles. The zero-order valence-corrected chi connectivity index (χ0v) is 12.6. The van der Waals surface area contributed by atoms with Crippen molar-refractivity contribution in [3.05, 3.63) is 35.4 Å². The van der Waals surface area contributed by atoms with Crippen LogP contribution < -0.4 is 5.73 Å². The first-order chi connectivity index (χ1) is 9.54. The monoisotopic (exact) mass is 291 g/mol. The Morgan fingerprint density at radius 1 is 1.35 bits per heavy atom. The number of hydrogen-bond acceptors (Lipinski definition) is 3. The van der Waals surface area contributed by atoms with E-state index in [9.17, 15) is 4.79 Å². The minimum Gasteiger partial charge on any atom is -0.459 e. The van der Waals surface area contributed by atoms with Crippen LogP contribution in [0.1, 0.15) is 48.5 Å². The third-order valence-corrected chi connectivity index (χ3v) is 3.92. The molecule has 1 fully saturated rings. The molecule has 2 rings (SSSR count). The molecule has 0 aliphatic heterocycles. The van der Waals surface area contributed by atoms with Gasteiger partial charge in [-0.1, -0.05) is 31.3 Å². The van der Waals surface area contributed by atoms with E-state index in [1.165, 1.54) is 0 Å². The van der Waals surface area contributed by atoms with Crippen LogP contribution in [0.25, 0.3) is 0 Å². The van der Waals surface area contributed by atoms with Gasteiger partial charge in [-0.25, -0.2) is 4.79 Å². The lowest BCUT2D eigenvalue weighted by Crippen LogP contribution is -2.23. The summed E-state index contributed by atoms with van der Waals surface area (Å²) in [5.41, 5.74) is 7.06. The van der Waals surface area contributed by atoms with E-state index in [0.717, 1.165) is 37.2 Å². The SMILES string of the molecule is CC1CCC(OC(=O)c2cccc(CC(N)=S)c2)CC1. The third-order valence-electron chi connectivity index (χ3n) is 3.78. The smallest absolute Gasteiger partial charge is 0.338 e. The second-order valence-electron chi connectivity index (χ2n) is 5.63. The summed E-state index contributed by atoms with van der Waals surface area (Å²) in [4.78, 5) is 12.6. The van der Waals surface area contributed by atoms with Crippen molar-refractivity contribution >= 4 is 23.2 Å². The Morgan fingerprint density at radius 3 is 2.70 bits per heavy atom. The zero-order chi connectivity index (χ0) is 14.5. The van der Waals surface area contributed by atoms with E-state index in [1.54, 1.807) is 6.07 Å². The predicted octanol–water partition coefficient (Wildman–Crippen LogP) is 3.25. The van der Waals surface area contributed by atoms with Crippen LogP contribution in [-0.4, -0.2) is 17.1 Å². The molecule has 0 radical (unpaired) electrons. The topological polar surface area (TPSA) is 52.3 Å². The molecule has 0 bridgehead atoms. The Bertz CT molecular complexity index is 493. The molecule has 0 heterocycles. The van der Waals surface area contributed by atoms with Crippen molar-refractivity contribution in [3.63, 3.8) is 0 Å². The van der Waals surface area contributed by atoms with Gasteiger partial charge >= 0.3 is 5.97 Å². The average molecular weight is 291 g/mol. The lowest BCUT2D eigenvalue weighted by Gasteiger charge is -2.26. The minimum absolute atomic E-state index is 0.0675. The van der Waals surface area contributed by atoms with Crippen LogP contribution in [0.5, 0.6) is 0 Å². The molecule has 0 unspecified atom stereocenters. The van der Waals surface area contributed by atoms with E-state index >= 15 is 0 Å². The van der Waals surface area contributed by atoms with Crippen molar-refractivity contribution in [2.45, 2.75) is 45.1 Å². The molecule has 4 heteroatoms. The highest BCUT2D eigenvalue weighted by molar-refractivity contribution is 7.80. The summed E-state index contributed by atoms with van der Waals surface area (Å²) in [5, 5.41) is 0. The molecule has 3 nitrogen and oxygen atoms in total. The van der Waals surface area contributed by atoms with Crippen LogP contribution in [0.3, 0.4) is 0 Å². The maximum atomic E-state index is 12.1. The van der Waals surface area contributed by atoms with Gasteiger partial charge in [-0.3, -0.25) is 0 Å². The Labute approximate surface area is 125 Å². The number of ether oxygens (including phenoxy) is 1. The Hall–Kier alpha value is -1.42. The van der Waals surface area contributed by atoms with Crippen LogP contribution in [0.4, 0.5) is 0 Å². The van der Waals surface area contributed by atoms with Crippen molar-refractivity contribution in [3.8, 4) is 0 Å². The van der Waals surface area contributed by atoms with E-state index < -0.39 is 0 Å². The van der Waals surface area contributed by atoms with Gasteiger partial charge in [0.25, 0.3) is 0 Å². The van der Waals surface area contributed by atoms with Crippen molar-refractivity contribution in [1.29, 1.82) is 0 Å². The number of thiocarbonyl (C=S) groups is 1. The molecular formula is C16H21NO2S. The molecule has 0 spiro atoms. The molecule has 2 N–H and O–H groups in total. The van der Waals surface area contributed by atoms with Crippen LogP contribution in [0, 0.1) is 5.92 Å². The van der Waals surface area contributed by atoms with Gasteiger partial charge in [0, 0.05) is 6.42 Å². The van der Waals surface area contributed by atoms with E-state index in [0.29, 0.717) is 17.0 Å². The summed E-state index contributed by atoms with van der Waals surface area (Å²) in [5.74, 6) is 0.508. The maximum Gasteiger partial charge on any atom is 0.338 e.